The molecule has 3 heterocycles. The third kappa shape index (κ3) is 5.63. The van der Waals surface area contributed by atoms with Crippen molar-refractivity contribution in [3.8, 4) is 22.6 Å². The standard InChI is InChI=1S/C17H12F2N2O4.C8H14N4O/c1-24-10-7-11(25-2)14(19)12(13(10)18)8-3-4-9(17(22)23)16-15(8)20-5-6-21-16;9-8-10-5-7(11-8)6-12-1-3-13-4-2-12/h3-7H,1-2H3,(H,22,23);5H,1-4,6H2,(H3,9,10,11). The average Bonchev–Trinajstić information content (AvgIpc) is 3.34. The molecule has 38 heavy (non-hydrogen) atoms. The summed E-state index contributed by atoms with van der Waals surface area (Å²) in [5.74, 6) is -3.06. The molecule has 13 heteroatoms. The summed E-state index contributed by atoms with van der Waals surface area (Å²) < 4.78 is 44.6. The van der Waals surface area contributed by atoms with Crippen molar-refractivity contribution in [1.29, 1.82) is 0 Å². The van der Waals surface area contributed by atoms with Gasteiger partial charge in [-0.3, -0.25) is 14.9 Å². The first kappa shape index (κ1) is 26.7. The number of methoxy groups -OCH3 is 2. The number of carboxylic acids is 1. The van der Waals surface area contributed by atoms with Gasteiger partial charge in [-0.15, -0.1) is 0 Å². The Bertz CT molecular complexity index is 1410. The number of hydrogen-bond acceptors (Lipinski definition) is 9. The van der Waals surface area contributed by atoms with Gasteiger partial charge in [-0.25, -0.2) is 18.6 Å². The van der Waals surface area contributed by atoms with Crippen molar-refractivity contribution in [2.75, 3.05) is 46.3 Å². The first-order valence-corrected chi connectivity index (χ1v) is 11.5. The molecule has 0 amide bonds. The highest BCUT2D eigenvalue weighted by atomic mass is 19.1. The molecule has 1 aliphatic rings. The lowest BCUT2D eigenvalue weighted by atomic mass is 9.99. The van der Waals surface area contributed by atoms with E-state index in [2.05, 4.69) is 24.8 Å². The molecule has 1 saturated heterocycles. The van der Waals surface area contributed by atoms with Gasteiger partial charge in [0.1, 0.15) is 5.52 Å². The number of nitrogen functional groups attached to an aromatic ring is 1. The molecule has 0 spiro atoms. The van der Waals surface area contributed by atoms with E-state index in [-0.39, 0.29) is 33.7 Å². The number of anilines is 1. The van der Waals surface area contributed by atoms with Crippen LogP contribution in [0.4, 0.5) is 14.7 Å². The van der Waals surface area contributed by atoms with Crippen LogP contribution in [0, 0.1) is 11.6 Å². The Balaban J connectivity index is 0.000000216. The van der Waals surface area contributed by atoms with Crippen LogP contribution in [0.15, 0.2) is 36.8 Å². The molecule has 5 rings (SSSR count). The number of aromatic amines is 1. The minimum Gasteiger partial charge on any atom is -0.494 e. The quantitative estimate of drug-likeness (QED) is 0.341. The van der Waals surface area contributed by atoms with E-state index >= 15 is 0 Å². The highest BCUT2D eigenvalue weighted by Crippen LogP contribution is 2.40. The number of nitrogens with two attached hydrogens (primary N) is 1. The minimum absolute atomic E-state index is 0.0214. The highest BCUT2D eigenvalue weighted by Gasteiger charge is 2.25. The molecule has 4 N–H and O–H groups in total. The van der Waals surface area contributed by atoms with Gasteiger partial charge in [0, 0.05) is 43.7 Å². The maximum atomic E-state index is 14.7. The Morgan fingerprint density at radius 2 is 1.71 bits per heavy atom. The zero-order valence-corrected chi connectivity index (χ0v) is 20.7. The van der Waals surface area contributed by atoms with Gasteiger partial charge in [-0.05, 0) is 6.07 Å². The maximum absolute atomic E-state index is 14.7. The minimum atomic E-state index is -1.22. The first-order chi connectivity index (χ1) is 18.3. The van der Waals surface area contributed by atoms with Crippen LogP contribution in [0.2, 0.25) is 0 Å². The number of halogens is 2. The number of carbonyl (C=O) groups is 1. The summed E-state index contributed by atoms with van der Waals surface area (Å²) in [5.41, 5.74) is 6.10. The second kappa shape index (κ2) is 11.8. The van der Waals surface area contributed by atoms with Crippen LogP contribution in [-0.4, -0.2) is 76.4 Å². The van der Waals surface area contributed by atoms with Gasteiger partial charge in [0.2, 0.25) is 0 Å². The third-order valence-corrected chi connectivity index (χ3v) is 5.84. The van der Waals surface area contributed by atoms with Crippen LogP contribution in [-0.2, 0) is 11.3 Å². The Kier molecular flexibility index (Phi) is 8.28. The van der Waals surface area contributed by atoms with Gasteiger partial charge in [-0.2, -0.15) is 0 Å². The Morgan fingerprint density at radius 1 is 1.08 bits per heavy atom. The second-order valence-corrected chi connectivity index (χ2v) is 8.19. The van der Waals surface area contributed by atoms with Gasteiger partial charge in [0.25, 0.3) is 0 Å². The molecular formula is C25H26F2N6O5. The summed E-state index contributed by atoms with van der Waals surface area (Å²) in [5, 5.41) is 9.26. The smallest absolute Gasteiger partial charge is 0.337 e. The van der Waals surface area contributed by atoms with Crippen molar-refractivity contribution in [2.24, 2.45) is 0 Å². The average molecular weight is 529 g/mol. The number of H-pyrrole nitrogens is 1. The Hall–Kier alpha value is -4.36. The first-order valence-electron chi connectivity index (χ1n) is 11.5. The molecule has 0 radical (unpaired) electrons. The van der Waals surface area contributed by atoms with Crippen LogP contribution in [0.3, 0.4) is 0 Å². The highest BCUT2D eigenvalue weighted by molar-refractivity contribution is 6.05. The van der Waals surface area contributed by atoms with E-state index in [0.717, 1.165) is 44.6 Å². The predicted octanol–water partition coefficient (Wildman–Crippen LogP) is 3.11. The van der Waals surface area contributed by atoms with E-state index in [4.69, 9.17) is 19.9 Å². The van der Waals surface area contributed by atoms with Crippen molar-refractivity contribution in [3.05, 3.63) is 59.7 Å². The Labute approximate surface area is 216 Å². The number of rotatable bonds is 6. The van der Waals surface area contributed by atoms with Gasteiger partial charge in [0.05, 0.1) is 56.0 Å². The van der Waals surface area contributed by atoms with Crippen molar-refractivity contribution < 1.29 is 32.9 Å². The molecule has 11 nitrogen and oxygen atoms in total. The fourth-order valence-electron chi connectivity index (χ4n) is 4.01. The lowest BCUT2D eigenvalue weighted by molar-refractivity contribution is 0.0337. The normalized spacial score (nSPS) is 13.6. The zero-order valence-electron chi connectivity index (χ0n) is 20.7. The number of ether oxygens (including phenoxy) is 3. The van der Waals surface area contributed by atoms with Crippen molar-refractivity contribution in [1.82, 2.24) is 24.8 Å². The second-order valence-electron chi connectivity index (χ2n) is 8.19. The molecule has 2 aromatic heterocycles. The fourth-order valence-corrected chi connectivity index (χ4v) is 4.01. The summed E-state index contributed by atoms with van der Waals surface area (Å²) in [4.78, 5) is 28.6. The van der Waals surface area contributed by atoms with E-state index < -0.39 is 23.2 Å². The number of nitrogens with one attached hydrogen (secondary N) is 1. The molecule has 200 valence electrons. The topological polar surface area (TPSA) is 149 Å². The maximum Gasteiger partial charge on any atom is 0.337 e. The van der Waals surface area contributed by atoms with E-state index in [1.54, 1.807) is 6.20 Å². The number of morpholine rings is 1. The Morgan fingerprint density at radius 3 is 2.26 bits per heavy atom. The monoisotopic (exact) mass is 528 g/mol. The predicted molar refractivity (Wildman–Crippen MR) is 134 cm³/mol. The molecule has 0 aliphatic carbocycles. The summed E-state index contributed by atoms with van der Waals surface area (Å²) in [6.07, 6.45) is 4.40. The lowest BCUT2D eigenvalue weighted by Crippen LogP contribution is -2.35. The molecule has 0 atom stereocenters. The van der Waals surface area contributed by atoms with Gasteiger partial charge < -0.3 is 30.0 Å². The van der Waals surface area contributed by atoms with Gasteiger partial charge in [-0.1, -0.05) is 6.07 Å². The summed E-state index contributed by atoms with van der Waals surface area (Å²) >= 11 is 0. The molecule has 4 aromatic rings. The molecule has 2 aromatic carbocycles. The van der Waals surface area contributed by atoms with E-state index in [9.17, 15) is 18.7 Å². The zero-order chi connectivity index (χ0) is 27.2. The van der Waals surface area contributed by atoms with Crippen molar-refractivity contribution >= 4 is 23.0 Å². The number of aromatic carboxylic acids is 1. The summed E-state index contributed by atoms with van der Waals surface area (Å²) in [7, 11) is 2.48. The number of fused-ring (bicyclic) bond motifs is 1. The van der Waals surface area contributed by atoms with E-state index in [0.29, 0.717) is 5.95 Å². The van der Waals surface area contributed by atoms with E-state index in [1.165, 1.54) is 38.7 Å². The van der Waals surface area contributed by atoms with Crippen LogP contribution in [0.1, 0.15) is 16.1 Å². The number of benzene rings is 2. The van der Waals surface area contributed by atoms with Gasteiger partial charge >= 0.3 is 5.97 Å². The number of nitrogens with zero attached hydrogens (tertiary/aromatic N) is 4. The SMILES string of the molecule is COc1cc(OC)c(F)c(-c2ccc(C(=O)O)c3nccnc23)c1F.Nc1ncc(CN2CCOCC2)[nH]1. The van der Waals surface area contributed by atoms with Gasteiger partial charge in [0.15, 0.2) is 29.1 Å². The van der Waals surface area contributed by atoms with Crippen LogP contribution in [0.25, 0.3) is 22.2 Å². The molecular weight excluding hydrogens is 502 g/mol. The number of hydrogen-bond donors (Lipinski definition) is 3. The van der Waals surface area contributed by atoms with Crippen LogP contribution < -0.4 is 15.2 Å². The summed E-state index contributed by atoms with van der Waals surface area (Å²) in [6.45, 7) is 4.50. The molecule has 0 unspecified atom stereocenters. The largest absolute Gasteiger partial charge is 0.494 e. The van der Waals surface area contributed by atoms with Crippen molar-refractivity contribution in [2.45, 2.75) is 6.54 Å². The number of imidazole rings is 1. The van der Waals surface area contributed by atoms with Crippen molar-refractivity contribution in [3.63, 3.8) is 0 Å². The fraction of sp³-hybridized carbons (Fsp3) is 0.280. The molecule has 1 aliphatic heterocycles. The van der Waals surface area contributed by atoms with Crippen LogP contribution >= 0.6 is 0 Å². The lowest BCUT2D eigenvalue weighted by Gasteiger charge is -2.25. The molecule has 0 saturated carbocycles. The summed E-state index contributed by atoms with van der Waals surface area (Å²) in [6, 6.07) is 3.59. The third-order valence-electron chi connectivity index (χ3n) is 5.84. The van der Waals surface area contributed by atoms with Crippen LogP contribution in [0.5, 0.6) is 11.5 Å². The number of carboxylic acid groups (broad SMARTS) is 1. The van der Waals surface area contributed by atoms with E-state index in [1.807, 2.05) is 0 Å². The molecule has 1 fully saturated rings. The number of aromatic nitrogens is 4. The molecule has 0 bridgehead atoms.